The number of likely N-dealkylation sites (tertiary alicyclic amines) is 1. The van der Waals surface area contributed by atoms with Crippen LogP contribution in [0.2, 0.25) is 0 Å². The van der Waals surface area contributed by atoms with Crippen LogP contribution in [0.5, 0.6) is 5.75 Å². The van der Waals surface area contributed by atoms with Crippen LogP contribution < -0.4 is 10.5 Å². The van der Waals surface area contributed by atoms with E-state index in [1.54, 1.807) is 19.5 Å². The zero-order valence-electron chi connectivity index (χ0n) is 12.1. The van der Waals surface area contributed by atoms with Crippen LogP contribution in [-0.4, -0.2) is 33.5 Å². The number of rotatable bonds is 4. The largest absolute Gasteiger partial charge is 0.495 e. The van der Waals surface area contributed by atoms with E-state index in [1.165, 1.54) is 0 Å². The van der Waals surface area contributed by atoms with Crippen molar-refractivity contribution in [2.45, 2.75) is 25.4 Å². The lowest BCUT2D eigenvalue weighted by atomic mass is 10.1. The normalized spacial score (nSPS) is 18.8. The minimum Gasteiger partial charge on any atom is -0.495 e. The van der Waals surface area contributed by atoms with Crippen molar-refractivity contribution >= 4 is 5.95 Å². The van der Waals surface area contributed by atoms with E-state index in [1.807, 2.05) is 18.3 Å². The highest BCUT2D eigenvalue weighted by molar-refractivity contribution is 5.24. The maximum absolute atomic E-state index is 5.69. The van der Waals surface area contributed by atoms with Crippen LogP contribution in [0.15, 0.2) is 30.7 Å². The standard InChI is InChI=1S/C15H19N5O/c1-21-12-7-11(8-17-9-12)10-20-6-2-3-14(20)13-4-5-18-15(16)19-13/h4-5,7-9,14H,2-3,6,10H2,1H3,(H2,16,18,19). The summed E-state index contributed by atoms with van der Waals surface area (Å²) in [5, 5.41) is 0. The quantitative estimate of drug-likeness (QED) is 0.923. The van der Waals surface area contributed by atoms with E-state index in [4.69, 9.17) is 10.5 Å². The molecule has 110 valence electrons. The van der Waals surface area contributed by atoms with E-state index in [9.17, 15) is 0 Å². The Kier molecular flexibility index (Phi) is 3.96. The number of pyridine rings is 1. The highest BCUT2D eigenvalue weighted by Crippen LogP contribution is 2.32. The molecule has 1 unspecified atom stereocenters. The first-order chi connectivity index (χ1) is 10.3. The Labute approximate surface area is 124 Å². The number of nitrogens with zero attached hydrogens (tertiary/aromatic N) is 4. The van der Waals surface area contributed by atoms with Gasteiger partial charge >= 0.3 is 0 Å². The molecule has 3 heterocycles. The molecule has 0 radical (unpaired) electrons. The summed E-state index contributed by atoms with van der Waals surface area (Å²) in [6.07, 6.45) is 7.57. The molecule has 1 fully saturated rings. The van der Waals surface area contributed by atoms with Crippen molar-refractivity contribution in [2.75, 3.05) is 19.4 Å². The molecule has 0 saturated carbocycles. The Balaban J connectivity index is 1.77. The first kappa shape index (κ1) is 13.8. The lowest BCUT2D eigenvalue weighted by molar-refractivity contribution is 0.244. The van der Waals surface area contributed by atoms with E-state index in [-0.39, 0.29) is 0 Å². The number of ether oxygens (including phenoxy) is 1. The fourth-order valence-electron chi connectivity index (χ4n) is 2.82. The predicted octanol–water partition coefficient (Wildman–Crippen LogP) is 1.80. The molecule has 6 nitrogen and oxygen atoms in total. The minimum atomic E-state index is 0.293. The summed E-state index contributed by atoms with van der Waals surface area (Å²) in [6.45, 7) is 1.88. The van der Waals surface area contributed by atoms with Crippen molar-refractivity contribution in [1.29, 1.82) is 0 Å². The maximum atomic E-state index is 5.69. The van der Waals surface area contributed by atoms with Gasteiger partial charge in [-0.05, 0) is 37.1 Å². The van der Waals surface area contributed by atoms with Crippen molar-refractivity contribution in [2.24, 2.45) is 0 Å². The van der Waals surface area contributed by atoms with Crippen LogP contribution in [0, 0.1) is 0 Å². The summed E-state index contributed by atoms with van der Waals surface area (Å²) in [6, 6.07) is 4.27. The number of anilines is 1. The molecule has 0 bridgehead atoms. The van der Waals surface area contributed by atoms with Crippen LogP contribution in [0.1, 0.15) is 30.1 Å². The molecular weight excluding hydrogens is 266 g/mol. The third-order valence-electron chi connectivity index (χ3n) is 3.79. The summed E-state index contributed by atoms with van der Waals surface area (Å²) in [5.41, 5.74) is 7.83. The SMILES string of the molecule is COc1cncc(CN2CCCC2c2ccnc(N)n2)c1. The average Bonchev–Trinajstić information content (AvgIpc) is 2.95. The molecule has 21 heavy (non-hydrogen) atoms. The van der Waals surface area contributed by atoms with Gasteiger partial charge in [0.2, 0.25) is 5.95 Å². The van der Waals surface area contributed by atoms with Crippen molar-refractivity contribution in [3.63, 3.8) is 0 Å². The second-order valence-electron chi connectivity index (χ2n) is 5.20. The average molecular weight is 285 g/mol. The van der Waals surface area contributed by atoms with E-state index >= 15 is 0 Å². The number of methoxy groups -OCH3 is 1. The Hall–Kier alpha value is -2.21. The molecular formula is C15H19N5O. The van der Waals surface area contributed by atoms with Crippen molar-refractivity contribution < 1.29 is 4.74 Å². The molecule has 1 aliphatic rings. The molecule has 1 atom stereocenters. The van der Waals surface area contributed by atoms with Crippen molar-refractivity contribution in [1.82, 2.24) is 19.9 Å². The van der Waals surface area contributed by atoms with Gasteiger partial charge in [-0.3, -0.25) is 9.88 Å². The van der Waals surface area contributed by atoms with Crippen molar-refractivity contribution in [3.05, 3.63) is 42.0 Å². The second-order valence-corrected chi connectivity index (χ2v) is 5.20. The lowest BCUT2D eigenvalue weighted by Gasteiger charge is -2.24. The van der Waals surface area contributed by atoms with Crippen LogP contribution >= 0.6 is 0 Å². The van der Waals surface area contributed by atoms with Crippen LogP contribution in [0.4, 0.5) is 5.95 Å². The molecule has 1 aliphatic heterocycles. The fourth-order valence-corrected chi connectivity index (χ4v) is 2.82. The summed E-state index contributed by atoms with van der Waals surface area (Å²) >= 11 is 0. The summed E-state index contributed by atoms with van der Waals surface area (Å²) in [5.74, 6) is 1.12. The molecule has 2 aromatic rings. The van der Waals surface area contributed by atoms with Gasteiger partial charge in [-0.15, -0.1) is 0 Å². The molecule has 0 aliphatic carbocycles. The predicted molar refractivity (Wildman–Crippen MR) is 79.6 cm³/mol. The Morgan fingerprint density at radius 3 is 3.14 bits per heavy atom. The number of hydrogen-bond donors (Lipinski definition) is 1. The summed E-state index contributed by atoms with van der Waals surface area (Å²) in [7, 11) is 1.66. The van der Waals surface area contributed by atoms with Crippen molar-refractivity contribution in [3.8, 4) is 5.75 Å². The molecule has 2 aromatic heterocycles. The van der Waals surface area contributed by atoms with Gasteiger partial charge in [0.15, 0.2) is 0 Å². The van der Waals surface area contributed by atoms with Gasteiger partial charge in [-0.1, -0.05) is 0 Å². The molecule has 0 aromatic carbocycles. The Morgan fingerprint density at radius 1 is 1.43 bits per heavy atom. The van der Waals surface area contributed by atoms with Gasteiger partial charge in [-0.2, -0.15) is 0 Å². The molecule has 3 rings (SSSR count). The van der Waals surface area contributed by atoms with Gasteiger partial charge in [-0.25, -0.2) is 9.97 Å². The van der Waals surface area contributed by atoms with E-state index in [0.29, 0.717) is 12.0 Å². The number of aromatic nitrogens is 3. The molecule has 0 amide bonds. The zero-order valence-corrected chi connectivity index (χ0v) is 12.1. The summed E-state index contributed by atoms with van der Waals surface area (Å²) < 4.78 is 5.23. The van der Waals surface area contributed by atoms with Crippen LogP contribution in [0.25, 0.3) is 0 Å². The van der Waals surface area contributed by atoms with Crippen LogP contribution in [0.3, 0.4) is 0 Å². The van der Waals surface area contributed by atoms with Gasteiger partial charge < -0.3 is 10.5 Å². The molecule has 0 spiro atoms. The zero-order chi connectivity index (χ0) is 14.7. The fraction of sp³-hybridized carbons (Fsp3) is 0.400. The second kappa shape index (κ2) is 6.05. The molecule has 2 N–H and O–H groups in total. The topological polar surface area (TPSA) is 77.2 Å². The smallest absolute Gasteiger partial charge is 0.220 e. The monoisotopic (exact) mass is 285 g/mol. The Morgan fingerprint density at radius 2 is 2.33 bits per heavy atom. The first-order valence-corrected chi connectivity index (χ1v) is 7.06. The number of nitrogens with two attached hydrogens (primary N) is 1. The first-order valence-electron chi connectivity index (χ1n) is 7.06. The highest BCUT2D eigenvalue weighted by Gasteiger charge is 2.27. The Bertz CT molecular complexity index is 619. The molecule has 6 heteroatoms. The van der Waals surface area contributed by atoms with Crippen LogP contribution in [-0.2, 0) is 6.54 Å². The minimum absolute atomic E-state index is 0.293. The number of hydrogen-bond acceptors (Lipinski definition) is 6. The van der Waals surface area contributed by atoms with E-state index in [0.717, 1.165) is 42.9 Å². The van der Waals surface area contributed by atoms with E-state index in [2.05, 4.69) is 19.9 Å². The highest BCUT2D eigenvalue weighted by atomic mass is 16.5. The summed E-state index contributed by atoms with van der Waals surface area (Å²) in [4.78, 5) is 14.9. The van der Waals surface area contributed by atoms with E-state index < -0.39 is 0 Å². The number of nitrogen functional groups attached to an aromatic ring is 1. The maximum Gasteiger partial charge on any atom is 0.220 e. The lowest BCUT2D eigenvalue weighted by Crippen LogP contribution is -2.23. The van der Waals surface area contributed by atoms with Gasteiger partial charge in [0, 0.05) is 18.9 Å². The third kappa shape index (κ3) is 3.11. The van der Waals surface area contributed by atoms with Gasteiger partial charge in [0.25, 0.3) is 0 Å². The van der Waals surface area contributed by atoms with Gasteiger partial charge in [0.05, 0.1) is 25.0 Å². The van der Waals surface area contributed by atoms with Gasteiger partial charge in [0.1, 0.15) is 5.75 Å². The molecule has 1 saturated heterocycles. The third-order valence-corrected chi connectivity index (χ3v) is 3.79.